The van der Waals surface area contributed by atoms with Gasteiger partial charge in [-0.1, -0.05) is 54.4 Å². The summed E-state index contributed by atoms with van der Waals surface area (Å²) in [7, 11) is -3.11. The van der Waals surface area contributed by atoms with Gasteiger partial charge in [0, 0.05) is 22.2 Å². The van der Waals surface area contributed by atoms with Crippen LogP contribution in [0.4, 0.5) is 17.1 Å². The van der Waals surface area contributed by atoms with Gasteiger partial charge in [-0.15, -0.1) is 5.11 Å². The summed E-state index contributed by atoms with van der Waals surface area (Å²) >= 11 is 12.3. The molecule has 3 N–H and O–H groups in total. The average Bonchev–Trinajstić information content (AvgIpc) is 2.88. The smallest absolute Gasteiger partial charge is 0.294 e. The van der Waals surface area contributed by atoms with E-state index in [-0.39, 0.29) is 22.0 Å². The molecule has 9 nitrogen and oxygen atoms in total. The van der Waals surface area contributed by atoms with Crippen molar-refractivity contribution in [2.24, 2.45) is 10.2 Å². The van der Waals surface area contributed by atoms with Gasteiger partial charge in [-0.25, -0.2) is 0 Å². The van der Waals surface area contributed by atoms with E-state index < -0.39 is 26.7 Å². The van der Waals surface area contributed by atoms with Crippen LogP contribution >= 0.6 is 23.2 Å². The van der Waals surface area contributed by atoms with Gasteiger partial charge in [0.1, 0.15) is 11.4 Å². The maximum atomic E-state index is 13.2. The minimum absolute atomic E-state index is 0.0163. The molecule has 1 amide bonds. The van der Waals surface area contributed by atoms with Crippen LogP contribution < -0.4 is 10.1 Å². The Labute approximate surface area is 228 Å². The predicted molar refractivity (Wildman–Crippen MR) is 146 cm³/mol. The molecule has 0 radical (unpaired) electrons. The number of phenols is 1. The standard InChI is InChI=1S/C26H21Cl2N3O6S/c1-3-17-21(28)12-16(38(34,35)36)13-22(17)30-31-24-18-7-5-4-6-14(18)10-19(25(24)32)26(33)29-15-8-9-20(27)23(11-15)37-2/h4-13,32H,3H2,1-2H3,(H,29,33)(H,34,35,36). The Balaban J connectivity index is 1.82. The lowest BCUT2D eigenvalue weighted by atomic mass is 10.0. The van der Waals surface area contributed by atoms with Crippen molar-refractivity contribution in [2.75, 3.05) is 12.4 Å². The fraction of sp³-hybridized carbons (Fsp3) is 0.115. The van der Waals surface area contributed by atoms with E-state index in [1.165, 1.54) is 19.2 Å². The highest BCUT2D eigenvalue weighted by Crippen LogP contribution is 2.41. The minimum Gasteiger partial charge on any atom is -0.505 e. The molecule has 0 bridgehead atoms. The maximum Gasteiger partial charge on any atom is 0.294 e. The van der Waals surface area contributed by atoms with Gasteiger partial charge in [-0.3, -0.25) is 9.35 Å². The third-order valence-electron chi connectivity index (χ3n) is 5.70. The number of nitrogens with zero attached hydrogens (tertiary/aromatic N) is 2. The fourth-order valence-electron chi connectivity index (χ4n) is 3.82. The predicted octanol–water partition coefficient (Wildman–Crippen LogP) is 7.34. The van der Waals surface area contributed by atoms with E-state index in [0.29, 0.717) is 39.2 Å². The number of anilines is 1. The zero-order valence-electron chi connectivity index (χ0n) is 20.1. The van der Waals surface area contributed by atoms with Crippen molar-refractivity contribution < 1.29 is 27.6 Å². The summed E-state index contributed by atoms with van der Waals surface area (Å²) in [5.41, 5.74) is 0.858. The summed E-state index contributed by atoms with van der Waals surface area (Å²) in [6.45, 7) is 1.79. The zero-order valence-corrected chi connectivity index (χ0v) is 22.4. The Kier molecular flexibility index (Phi) is 7.89. The van der Waals surface area contributed by atoms with Crippen LogP contribution in [0.3, 0.4) is 0 Å². The van der Waals surface area contributed by atoms with Crippen molar-refractivity contribution in [1.82, 2.24) is 0 Å². The van der Waals surface area contributed by atoms with E-state index >= 15 is 0 Å². The molecule has 4 rings (SSSR count). The van der Waals surface area contributed by atoms with E-state index in [9.17, 15) is 22.9 Å². The molecular formula is C26H21Cl2N3O6S. The number of azo groups is 1. The van der Waals surface area contributed by atoms with Gasteiger partial charge < -0.3 is 15.2 Å². The number of phenolic OH excluding ortho intramolecular Hbond substituents is 1. The minimum atomic E-state index is -4.56. The topological polar surface area (TPSA) is 138 Å². The summed E-state index contributed by atoms with van der Waals surface area (Å²) in [4.78, 5) is 12.7. The van der Waals surface area contributed by atoms with Crippen molar-refractivity contribution in [2.45, 2.75) is 18.2 Å². The van der Waals surface area contributed by atoms with Crippen molar-refractivity contribution in [3.63, 3.8) is 0 Å². The summed E-state index contributed by atoms with van der Waals surface area (Å²) in [6, 6.07) is 15.4. The molecule has 4 aromatic rings. The Hall–Kier alpha value is -3.70. The van der Waals surface area contributed by atoms with Crippen molar-refractivity contribution in [1.29, 1.82) is 0 Å². The number of methoxy groups -OCH3 is 1. The van der Waals surface area contributed by atoms with Crippen molar-refractivity contribution in [3.8, 4) is 11.5 Å². The monoisotopic (exact) mass is 573 g/mol. The summed E-state index contributed by atoms with van der Waals surface area (Å²) in [5.74, 6) is -0.708. The lowest BCUT2D eigenvalue weighted by Gasteiger charge is -2.12. The molecule has 0 saturated heterocycles. The molecule has 0 atom stereocenters. The van der Waals surface area contributed by atoms with Crippen LogP contribution in [0.2, 0.25) is 10.0 Å². The second-order valence-electron chi connectivity index (χ2n) is 8.08. The lowest BCUT2D eigenvalue weighted by Crippen LogP contribution is -2.12. The molecule has 0 aliphatic heterocycles. The quantitative estimate of drug-likeness (QED) is 0.156. The number of carbonyl (C=O) groups excluding carboxylic acids is 1. The number of nitrogens with one attached hydrogen (secondary N) is 1. The molecule has 0 spiro atoms. The molecule has 196 valence electrons. The number of hydrogen-bond acceptors (Lipinski definition) is 7. The summed E-state index contributed by atoms with van der Waals surface area (Å²) in [6.07, 6.45) is 0.388. The second-order valence-corrected chi connectivity index (χ2v) is 10.3. The van der Waals surface area contributed by atoms with Gasteiger partial charge in [-0.2, -0.15) is 13.5 Å². The third kappa shape index (κ3) is 5.58. The molecule has 0 aliphatic rings. The normalized spacial score (nSPS) is 11.7. The number of ether oxygens (including phenoxy) is 1. The van der Waals surface area contributed by atoms with Crippen LogP contribution in [0.5, 0.6) is 11.5 Å². The van der Waals surface area contributed by atoms with Crippen LogP contribution in [0.25, 0.3) is 10.8 Å². The number of carbonyl (C=O) groups is 1. The molecule has 0 heterocycles. The molecule has 4 aromatic carbocycles. The number of hydrogen-bond donors (Lipinski definition) is 3. The van der Waals surface area contributed by atoms with Crippen LogP contribution in [-0.4, -0.2) is 31.1 Å². The molecule has 12 heteroatoms. The SMILES string of the molecule is CCc1c(Cl)cc(S(=O)(=O)O)cc1N=Nc1c(O)c(C(=O)Nc2ccc(Cl)c(OC)c2)cc2ccccc12. The molecule has 0 aromatic heterocycles. The van der Waals surface area contributed by atoms with Crippen LogP contribution in [0.1, 0.15) is 22.8 Å². The number of aromatic hydroxyl groups is 1. The summed E-state index contributed by atoms with van der Waals surface area (Å²) in [5, 5.41) is 23.7. The Morgan fingerprint density at radius 2 is 1.76 bits per heavy atom. The van der Waals surface area contributed by atoms with Crippen LogP contribution in [-0.2, 0) is 16.5 Å². The van der Waals surface area contributed by atoms with E-state index in [2.05, 4.69) is 15.5 Å². The van der Waals surface area contributed by atoms with Gasteiger partial charge in [-0.05, 0) is 47.7 Å². The Bertz CT molecular complexity index is 1710. The molecule has 0 unspecified atom stereocenters. The van der Waals surface area contributed by atoms with Gasteiger partial charge in [0.15, 0.2) is 5.75 Å². The Morgan fingerprint density at radius 3 is 2.45 bits per heavy atom. The highest BCUT2D eigenvalue weighted by atomic mass is 35.5. The van der Waals surface area contributed by atoms with E-state index in [1.54, 1.807) is 43.3 Å². The number of rotatable bonds is 7. The zero-order chi connectivity index (χ0) is 27.6. The van der Waals surface area contributed by atoms with Gasteiger partial charge in [0.05, 0.1) is 28.3 Å². The lowest BCUT2D eigenvalue weighted by molar-refractivity contribution is 0.102. The molecule has 38 heavy (non-hydrogen) atoms. The number of benzene rings is 4. The number of amides is 1. The summed E-state index contributed by atoms with van der Waals surface area (Å²) < 4.78 is 38.0. The Morgan fingerprint density at radius 1 is 1.03 bits per heavy atom. The first kappa shape index (κ1) is 27.3. The molecule has 0 fully saturated rings. The highest BCUT2D eigenvalue weighted by Gasteiger charge is 2.20. The second kappa shape index (κ2) is 11.0. The highest BCUT2D eigenvalue weighted by molar-refractivity contribution is 7.85. The van der Waals surface area contributed by atoms with Gasteiger partial charge in [0.2, 0.25) is 0 Å². The molecule has 0 saturated carbocycles. The average molecular weight is 574 g/mol. The van der Waals surface area contributed by atoms with Gasteiger partial charge >= 0.3 is 0 Å². The number of fused-ring (bicyclic) bond motifs is 1. The first-order valence-corrected chi connectivity index (χ1v) is 13.3. The molecular weight excluding hydrogens is 553 g/mol. The van der Waals surface area contributed by atoms with Crippen molar-refractivity contribution in [3.05, 3.63) is 81.8 Å². The largest absolute Gasteiger partial charge is 0.505 e. The van der Waals surface area contributed by atoms with E-state index in [4.69, 9.17) is 27.9 Å². The van der Waals surface area contributed by atoms with Gasteiger partial charge in [0.25, 0.3) is 16.0 Å². The molecule has 0 aliphatic carbocycles. The third-order valence-corrected chi connectivity index (χ3v) is 7.18. The van der Waals surface area contributed by atoms with Crippen LogP contribution in [0, 0.1) is 0 Å². The number of halogens is 2. The first-order chi connectivity index (χ1) is 18.0. The maximum absolute atomic E-state index is 13.2. The fourth-order valence-corrected chi connectivity index (χ4v) is 4.95. The van der Waals surface area contributed by atoms with E-state index in [1.807, 2.05) is 0 Å². The van der Waals surface area contributed by atoms with Crippen LogP contribution in [0.15, 0.2) is 75.8 Å². The first-order valence-electron chi connectivity index (χ1n) is 11.1. The van der Waals surface area contributed by atoms with E-state index in [0.717, 1.165) is 12.1 Å². The van der Waals surface area contributed by atoms with Crippen molar-refractivity contribution >= 4 is 67.1 Å².